The minimum Gasteiger partial charge on any atom is -0.493 e. The van der Waals surface area contributed by atoms with Crippen LogP contribution in [0.4, 0.5) is 0 Å². The molecule has 0 fully saturated rings. The normalized spacial score (nSPS) is 11.6. The molecule has 0 saturated heterocycles. The molecule has 3 N–H and O–H groups in total. The summed E-state index contributed by atoms with van der Waals surface area (Å²) >= 11 is 6.02. The van der Waals surface area contributed by atoms with Crippen LogP contribution >= 0.6 is 11.6 Å². The number of aliphatic hydroxyl groups is 1. The first-order chi connectivity index (χ1) is 8.48. The van der Waals surface area contributed by atoms with Crippen molar-refractivity contribution in [2.45, 2.75) is 39.3 Å². The maximum absolute atomic E-state index is 9.25. The van der Waals surface area contributed by atoms with Crippen LogP contribution in [0.25, 0.3) is 0 Å². The van der Waals surface area contributed by atoms with E-state index in [1.165, 1.54) is 0 Å². The van der Waals surface area contributed by atoms with Crippen LogP contribution in [0, 0.1) is 0 Å². The molecule has 0 aliphatic carbocycles. The molecule has 0 unspecified atom stereocenters. The highest BCUT2D eigenvalue weighted by Crippen LogP contribution is 2.22. The SMILES string of the molecule is CCCOc1ccc(Cl)cc1C[NH2+]C(C)(C)CO. The average Bonchev–Trinajstić information content (AvgIpc) is 2.35. The van der Waals surface area contributed by atoms with Crippen molar-refractivity contribution in [1.82, 2.24) is 0 Å². The molecule has 18 heavy (non-hydrogen) atoms. The molecule has 1 rings (SSSR count). The van der Waals surface area contributed by atoms with Gasteiger partial charge in [-0.15, -0.1) is 0 Å². The lowest BCUT2D eigenvalue weighted by Gasteiger charge is -2.20. The van der Waals surface area contributed by atoms with Gasteiger partial charge in [-0.3, -0.25) is 0 Å². The van der Waals surface area contributed by atoms with Crippen LogP contribution in [0.5, 0.6) is 5.75 Å². The molecule has 0 aromatic heterocycles. The van der Waals surface area contributed by atoms with Gasteiger partial charge in [0.15, 0.2) is 0 Å². The number of benzene rings is 1. The Morgan fingerprint density at radius 2 is 2.11 bits per heavy atom. The number of hydrogen-bond donors (Lipinski definition) is 2. The number of halogens is 1. The maximum Gasteiger partial charge on any atom is 0.128 e. The summed E-state index contributed by atoms with van der Waals surface area (Å²) in [5, 5.41) is 12.1. The van der Waals surface area contributed by atoms with E-state index in [-0.39, 0.29) is 12.1 Å². The zero-order chi connectivity index (χ0) is 13.6. The van der Waals surface area contributed by atoms with Crippen molar-refractivity contribution in [3.05, 3.63) is 28.8 Å². The molecule has 0 amide bonds. The highest BCUT2D eigenvalue weighted by molar-refractivity contribution is 6.30. The lowest BCUT2D eigenvalue weighted by atomic mass is 10.1. The Kier molecular flexibility index (Phi) is 5.93. The molecule has 0 spiro atoms. The van der Waals surface area contributed by atoms with Crippen LogP contribution in [0.3, 0.4) is 0 Å². The molecule has 0 aliphatic heterocycles. The molecule has 0 heterocycles. The molecule has 4 heteroatoms. The van der Waals surface area contributed by atoms with E-state index in [0.717, 1.165) is 24.3 Å². The molecule has 0 bridgehead atoms. The number of aliphatic hydroxyl groups excluding tert-OH is 1. The lowest BCUT2D eigenvalue weighted by Crippen LogP contribution is -2.95. The topological polar surface area (TPSA) is 46.1 Å². The van der Waals surface area contributed by atoms with Crippen LogP contribution < -0.4 is 10.1 Å². The van der Waals surface area contributed by atoms with E-state index >= 15 is 0 Å². The van der Waals surface area contributed by atoms with Gasteiger partial charge in [0.2, 0.25) is 0 Å². The second-order valence-corrected chi connectivity index (χ2v) is 5.59. The van der Waals surface area contributed by atoms with Crippen molar-refractivity contribution in [3.63, 3.8) is 0 Å². The summed E-state index contributed by atoms with van der Waals surface area (Å²) < 4.78 is 5.70. The van der Waals surface area contributed by atoms with Crippen molar-refractivity contribution in [2.24, 2.45) is 0 Å². The minimum atomic E-state index is -0.190. The molecule has 0 saturated carbocycles. The second-order valence-electron chi connectivity index (χ2n) is 5.16. The Morgan fingerprint density at radius 1 is 1.39 bits per heavy atom. The van der Waals surface area contributed by atoms with E-state index in [1.807, 2.05) is 32.0 Å². The van der Waals surface area contributed by atoms with Gasteiger partial charge < -0.3 is 15.2 Å². The molecule has 0 aliphatic rings. The van der Waals surface area contributed by atoms with E-state index in [2.05, 4.69) is 12.2 Å². The second kappa shape index (κ2) is 6.98. The first-order valence-electron chi connectivity index (χ1n) is 6.35. The van der Waals surface area contributed by atoms with Gasteiger partial charge >= 0.3 is 0 Å². The van der Waals surface area contributed by atoms with E-state index in [1.54, 1.807) is 0 Å². The van der Waals surface area contributed by atoms with Gasteiger partial charge in [-0.25, -0.2) is 0 Å². The number of ether oxygens (including phenoxy) is 1. The van der Waals surface area contributed by atoms with E-state index in [9.17, 15) is 5.11 Å². The quantitative estimate of drug-likeness (QED) is 0.797. The fraction of sp³-hybridized carbons (Fsp3) is 0.571. The van der Waals surface area contributed by atoms with Crippen LogP contribution in [0.2, 0.25) is 5.02 Å². The third-order valence-corrected chi connectivity index (χ3v) is 3.00. The maximum atomic E-state index is 9.25. The van der Waals surface area contributed by atoms with Crippen molar-refractivity contribution < 1.29 is 15.2 Å². The van der Waals surface area contributed by atoms with E-state index in [0.29, 0.717) is 11.6 Å². The number of hydrogen-bond acceptors (Lipinski definition) is 2. The number of nitrogens with two attached hydrogens (primary N) is 1. The Labute approximate surface area is 114 Å². The van der Waals surface area contributed by atoms with Crippen molar-refractivity contribution in [3.8, 4) is 5.75 Å². The minimum absolute atomic E-state index is 0.138. The molecule has 1 aromatic carbocycles. The van der Waals surface area contributed by atoms with Crippen LogP contribution in [-0.4, -0.2) is 23.9 Å². The van der Waals surface area contributed by atoms with Crippen LogP contribution in [0.15, 0.2) is 18.2 Å². The molecular formula is C14H23ClNO2+. The lowest BCUT2D eigenvalue weighted by molar-refractivity contribution is -0.736. The van der Waals surface area contributed by atoms with Gasteiger partial charge in [0, 0.05) is 10.6 Å². The highest BCUT2D eigenvalue weighted by atomic mass is 35.5. The summed E-state index contributed by atoms with van der Waals surface area (Å²) in [5.41, 5.74) is 0.877. The number of quaternary nitrogens is 1. The molecule has 0 atom stereocenters. The third kappa shape index (κ3) is 4.84. The fourth-order valence-corrected chi connectivity index (χ4v) is 1.71. The summed E-state index contributed by atoms with van der Waals surface area (Å²) in [5.74, 6) is 0.881. The molecular weight excluding hydrogens is 250 g/mol. The predicted molar refractivity (Wildman–Crippen MR) is 74.0 cm³/mol. The molecule has 102 valence electrons. The average molecular weight is 273 g/mol. The van der Waals surface area contributed by atoms with Crippen LogP contribution in [-0.2, 0) is 6.54 Å². The van der Waals surface area contributed by atoms with Crippen molar-refractivity contribution in [1.29, 1.82) is 0 Å². The number of rotatable bonds is 7. The standard InChI is InChI=1S/C14H22ClNO2/c1-4-7-18-13-6-5-12(15)8-11(13)9-16-14(2,3)10-17/h5-6,8,16-17H,4,7,9-10H2,1-3H3/p+1. The van der Waals surface area contributed by atoms with Gasteiger partial charge in [0.25, 0.3) is 0 Å². The first kappa shape index (κ1) is 15.3. The fourth-order valence-electron chi connectivity index (χ4n) is 1.51. The molecule has 3 nitrogen and oxygen atoms in total. The summed E-state index contributed by atoms with van der Waals surface area (Å²) in [4.78, 5) is 0. The monoisotopic (exact) mass is 272 g/mol. The summed E-state index contributed by atoms with van der Waals surface area (Å²) in [6.45, 7) is 7.68. The zero-order valence-electron chi connectivity index (χ0n) is 11.4. The van der Waals surface area contributed by atoms with E-state index < -0.39 is 0 Å². The smallest absolute Gasteiger partial charge is 0.128 e. The van der Waals surface area contributed by atoms with Crippen molar-refractivity contribution >= 4 is 11.6 Å². The van der Waals surface area contributed by atoms with Gasteiger partial charge in [0.05, 0.1) is 13.2 Å². The summed E-state index contributed by atoms with van der Waals surface area (Å²) in [6, 6.07) is 5.68. The summed E-state index contributed by atoms with van der Waals surface area (Å²) in [6.07, 6.45) is 0.980. The predicted octanol–water partition coefficient (Wildman–Crippen LogP) is 1.96. The summed E-state index contributed by atoms with van der Waals surface area (Å²) in [7, 11) is 0. The Hall–Kier alpha value is -0.770. The van der Waals surface area contributed by atoms with Gasteiger partial charge in [-0.1, -0.05) is 18.5 Å². The molecule has 1 aromatic rings. The highest BCUT2D eigenvalue weighted by Gasteiger charge is 2.20. The third-order valence-electron chi connectivity index (χ3n) is 2.77. The zero-order valence-corrected chi connectivity index (χ0v) is 12.1. The Balaban J connectivity index is 2.75. The van der Waals surface area contributed by atoms with Gasteiger partial charge in [-0.2, -0.15) is 0 Å². The molecule has 0 radical (unpaired) electrons. The first-order valence-corrected chi connectivity index (χ1v) is 6.73. The van der Waals surface area contributed by atoms with Crippen LogP contribution in [0.1, 0.15) is 32.8 Å². The van der Waals surface area contributed by atoms with E-state index in [4.69, 9.17) is 16.3 Å². The largest absolute Gasteiger partial charge is 0.493 e. The van der Waals surface area contributed by atoms with Crippen molar-refractivity contribution in [2.75, 3.05) is 13.2 Å². The Morgan fingerprint density at radius 3 is 2.72 bits per heavy atom. The Bertz CT molecular complexity index is 380. The van der Waals surface area contributed by atoms with Gasteiger partial charge in [-0.05, 0) is 38.5 Å². The van der Waals surface area contributed by atoms with Gasteiger partial charge in [0.1, 0.15) is 17.8 Å².